The van der Waals surface area contributed by atoms with E-state index in [4.69, 9.17) is 0 Å². The van der Waals surface area contributed by atoms with Crippen molar-refractivity contribution in [2.45, 2.75) is 38.1 Å². The van der Waals surface area contributed by atoms with Gasteiger partial charge in [-0.15, -0.1) is 0 Å². The van der Waals surface area contributed by atoms with Crippen molar-refractivity contribution < 1.29 is 23.1 Å². The summed E-state index contributed by atoms with van der Waals surface area (Å²) in [5.41, 5.74) is 1.17. The molecule has 2 amide bonds. The van der Waals surface area contributed by atoms with Gasteiger partial charge in [0.05, 0.1) is 10.5 Å². The molecule has 0 bridgehead atoms. The van der Waals surface area contributed by atoms with Crippen LogP contribution in [0.2, 0.25) is 0 Å². The maximum absolute atomic E-state index is 13.3. The van der Waals surface area contributed by atoms with Gasteiger partial charge in [0.2, 0.25) is 15.9 Å². The molecule has 33 heavy (non-hydrogen) atoms. The molecule has 2 aromatic rings. The Morgan fingerprint density at radius 3 is 2.12 bits per heavy atom. The average molecular weight is 474 g/mol. The van der Waals surface area contributed by atoms with Crippen molar-refractivity contribution in [3.63, 3.8) is 0 Å². The zero-order valence-corrected chi connectivity index (χ0v) is 20.0. The quantitative estimate of drug-likeness (QED) is 0.642. The number of para-hydroxylation sites is 1. The highest BCUT2D eigenvalue weighted by Gasteiger charge is 2.33. The molecule has 1 aliphatic heterocycles. The van der Waals surface area contributed by atoms with Gasteiger partial charge in [-0.2, -0.15) is 4.72 Å². The monoisotopic (exact) mass is 473 g/mol. The van der Waals surface area contributed by atoms with Crippen molar-refractivity contribution in [2.75, 3.05) is 26.2 Å². The number of carbonyl (C=O) groups is 2. The fourth-order valence-corrected chi connectivity index (χ4v) is 5.02. The Morgan fingerprint density at radius 1 is 0.970 bits per heavy atom. The first kappa shape index (κ1) is 24.7. The summed E-state index contributed by atoms with van der Waals surface area (Å²) in [6.45, 7) is 6.93. The first-order chi connectivity index (χ1) is 15.6. The number of hydrogen-bond acceptors (Lipinski definition) is 5. The molecule has 178 valence electrons. The van der Waals surface area contributed by atoms with E-state index in [9.17, 15) is 23.1 Å². The molecule has 1 fully saturated rings. The van der Waals surface area contributed by atoms with Crippen molar-refractivity contribution >= 4 is 21.8 Å². The Morgan fingerprint density at radius 2 is 1.55 bits per heavy atom. The van der Waals surface area contributed by atoms with Crippen LogP contribution in [0.4, 0.5) is 0 Å². The van der Waals surface area contributed by atoms with E-state index in [0.717, 1.165) is 5.56 Å². The number of sulfonamides is 1. The molecule has 1 aliphatic rings. The average Bonchev–Trinajstić information content (AvgIpc) is 2.78. The van der Waals surface area contributed by atoms with Crippen LogP contribution >= 0.6 is 0 Å². The van der Waals surface area contributed by atoms with Crippen LogP contribution < -0.4 is 4.72 Å². The second-order valence-corrected chi connectivity index (χ2v) is 10.5. The van der Waals surface area contributed by atoms with E-state index in [2.05, 4.69) is 4.72 Å². The maximum atomic E-state index is 13.3. The van der Waals surface area contributed by atoms with Crippen molar-refractivity contribution in [3.8, 4) is 5.75 Å². The lowest BCUT2D eigenvalue weighted by atomic mass is 10.0. The minimum atomic E-state index is -3.86. The van der Waals surface area contributed by atoms with Gasteiger partial charge < -0.3 is 14.9 Å². The van der Waals surface area contributed by atoms with Crippen molar-refractivity contribution in [2.24, 2.45) is 5.92 Å². The summed E-state index contributed by atoms with van der Waals surface area (Å²) in [6, 6.07) is 12.0. The molecule has 2 aromatic carbocycles. The molecule has 8 nitrogen and oxygen atoms in total. The number of nitrogens with zero attached hydrogens (tertiary/aromatic N) is 2. The highest BCUT2D eigenvalue weighted by atomic mass is 32.2. The number of benzene rings is 2. The Hall–Kier alpha value is -2.91. The van der Waals surface area contributed by atoms with Gasteiger partial charge in [-0.05, 0) is 43.5 Å². The predicted octanol–water partition coefficient (Wildman–Crippen LogP) is 2.38. The minimum absolute atomic E-state index is 0.0801. The lowest BCUT2D eigenvalue weighted by Crippen LogP contribution is -2.56. The summed E-state index contributed by atoms with van der Waals surface area (Å²) >= 11 is 0. The minimum Gasteiger partial charge on any atom is -0.507 e. The molecule has 0 aliphatic carbocycles. The molecule has 0 radical (unpaired) electrons. The van der Waals surface area contributed by atoms with E-state index in [1.54, 1.807) is 40.1 Å². The second-order valence-electron chi connectivity index (χ2n) is 8.75. The molecule has 0 saturated carbocycles. The number of rotatable bonds is 7. The lowest BCUT2D eigenvalue weighted by molar-refractivity contribution is -0.134. The van der Waals surface area contributed by atoms with Gasteiger partial charge in [-0.1, -0.05) is 43.7 Å². The van der Waals surface area contributed by atoms with E-state index >= 15 is 0 Å². The lowest BCUT2D eigenvalue weighted by Gasteiger charge is -2.36. The third kappa shape index (κ3) is 6.11. The van der Waals surface area contributed by atoms with Gasteiger partial charge in [0, 0.05) is 26.2 Å². The molecule has 1 heterocycles. The van der Waals surface area contributed by atoms with Crippen LogP contribution in [-0.4, -0.2) is 67.4 Å². The fraction of sp³-hybridized carbons (Fsp3) is 0.417. The molecular weight excluding hydrogens is 442 g/mol. The standard InChI is InChI=1S/C24H31N3O5S/c1-17(2)16-21(25-33(31,32)19-10-8-18(3)9-11-19)24(30)27-14-12-26(13-15-27)23(29)20-6-4-5-7-22(20)28/h4-11,17,21,25,28H,12-16H2,1-3H3. The number of amides is 2. The summed E-state index contributed by atoms with van der Waals surface area (Å²) in [7, 11) is -3.86. The van der Waals surface area contributed by atoms with Crippen molar-refractivity contribution in [3.05, 3.63) is 59.7 Å². The first-order valence-electron chi connectivity index (χ1n) is 11.0. The van der Waals surface area contributed by atoms with E-state index in [0.29, 0.717) is 32.6 Å². The van der Waals surface area contributed by atoms with E-state index in [1.807, 2.05) is 20.8 Å². The van der Waals surface area contributed by atoms with E-state index in [1.165, 1.54) is 18.2 Å². The molecule has 0 spiro atoms. The summed E-state index contributed by atoms with van der Waals surface area (Å²) < 4.78 is 28.4. The number of phenols is 1. The zero-order chi connectivity index (χ0) is 24.2. The summed E-state index contributed by atoms with van der Waals surface area (Å²) in [4.78, 5) is 29.3. The number of phenolic OH excluding ortho intramolecular Hbond substituents is 1. The van der Waals surface area contributed by atoms with Crippen molar-refractivity contribution in [1.29, 1.82) is 0 Å². The summed E-state index contributed by atoms with van der Waals surface area (Å²) in [6.07, 6.45) is 0.362. The van der Waals surface area contributed by atoms with Gasteiger partial charge in [0.25, 0.3) is 5.91 Å². The number of aromatic hydroxyl groups is 1. The molecule has 1 saturated heterocycles. The third-order valence-electron chi connectivity index (χ3n) is 5.65. The molecule has 9 heteroatoms. The van der Waals surface area contributed by atoms with Crippen LogP contribution in [0.3, 0.4) is 0 Å². The van der Waals surface area contributed by atoms with Crippen LogP contribution in [0.25, 0.3) is 0 Å². The number of piperazine rings is 1. The Labute approximate surface area is 195 Å². The van der Waals surface area contributed by atoms with Gasteiger partial charge in [-0.3, -0.25) is 9.59 Å². The Balaban J connectivity index is 1.68. The third-order valence-corrected chi connectivity index (χ3v) is 7.13. The first-order valence-corrected chi connectivity index (χ1v) is 12.5. The van der Waals surface area contributed by atoms with E-state index in [-0.39, 0.29) is 33.9 Å². The number of aryl methyl sites for hydroxylation is 1. The molecule has 2 N–H and O–H groups in total. The molecule has 1 atom stereocenters. The topological polar surface area (TPSA) is 107 Å². The second kappa shape index (κ2) is 10.4. The Kier molecular flexibility index (Phi) is 7.76. The van der Waals surface area contributed by atoms with Gasteiger partial charge in [0.1, 0.15) is 11.8 Å². The molecule has 3 rings (SSSR count). The van der Waals surface area contributed by atoms with Gasteiger partial charge in [-0.25, -0.2) is 8.42 Å². The van der Waals surface area contributed by atoms with Crippen LogP contribution in [0.1, 0.15) is 36.2 Å². The smallest absolute Gasteiger partial charge is 0.257 e. The summed E-state index contributed by atoms with van der Waals surface area (Å²) in [5, 5.41) is 9.95. The normalized spacial score (nSPS) is 15.5. The molecule has 1 unspecified atom stereocenters. The SMILES string of the molecule is Cc1ccc(S(=O)(=O)NC(CC(C)C)C(=O)N2CCN(C(=O)c3ccccc3O)CC2)cc1. The Bertz CT molecular complexity index is 1090. The highest BCUT2D eigenvalue weighted by Crippen LogP contribution is 2.20. The largest absolute Gasteiger partial charge is 0.507 e. The van der Waals surface area contributed by atoms with Gasteiger partial charge in [0.15, 0.2) is 0 Å². The summed E-state index contributed by atoms with van der Waals surface area (Å²) in [5.74, 6) is -0.569. The molecule has 0 aromatic heterocycles. The fourth-order valence-electron chi connectivity index (χ4n) is 3.82. The number of nitrogens with one attached hydrogen (secondary N) is 1. The van der Waals surface area contributed by atoms with Crippen LogP contribution in [0.5, 0.6) is 5.75 Å². The van der Waals surface area contributed by atoms with Crippen LogP contribution in [0.15, 0.2) is 53.4 Å². The number of hydrogen-bond donors (Lipinski definition) is 2. The highest BCUT2D eigenvalue weighted by molar-refractivity contribution is 7.89. The number of carbonyl (C=O) groups excluding carboxylic acids is 2. The van der Waals surface area contributed by atoms with E-state index < -0.39 is 16.1 Å². The van der Waals surface area contributed by atoms with Crippen LogP contribution in [-0.2, 0) is 14.8 Å². The zero-order valence-electron chi connectivity index (χ0n) is 19.2. The van der Waals surface area contributed by atoms with Crippen LogP contribution in [0, 0.1) is 12.8 Å². The van der Waals surface area contributed by atoms with Crippen molar-refractivity contribution in [1.82, 2.24) is 14.5 Å². The molecular formula is C24H31N3O5S. The maximum Gasteiger partial charge on any atom is 0.257 e. The van der Waals surface area contributed by atoms with Gasteiger partial charge >= 0.3 is 0 Å². The predicted molar refractivity (Wildman–Crippen MR) is 125 cm³/mol.